The number of hydrogen-bond donors (Lipinski definition) is 2. The van der Waals surface area contributed by atoms with Gasteiger partial charge in [0.1, 0.15) is 0 Å². The van der Waals surface area contributed by atoms with Crippen LogP contribution >= 0.6 is 0 Å². The van der Waals surface area contributed by atoms with E-state index in [0.29, 0.717) is 5.92 Å². The number of urea groups is 1. The van der Waals surface area contributed by atoms with E-state index in [0.717, 1.165) is 19.1 Å². The third-order valence-electron chi connectivity index (χ3n) is 5.10. The van der Waals surface area contributed by atoms with Crippen molar-refractivity contribution in [2.45, 2.75) is 38.8 Å². The Hall–Kier alpha value is -1.69. The van der Waals surface area contributed by atoms with Crippen molar-refractivity contribution >= 4 is 6.03 Å². The predicted octanol–water partition coefficient (Wildman–Crippen LogP) is 2.62. The summed E-state index contributed by atoms with van der Waals surface area (Å²) in [5, 5.41) is 5.71. The Bertz CT molecular complexity index is 606. The van der Waals surface area contributed by atoms with E-state index >= 15 is 0 Å². The lowest BCUT2D eigenvalue weighted by atomic mass is 9.57. The second kappa shape index (κ2) is 6.07. The number of benzene rings is 1. The maximum atomic E-state index is 13.5. The number of amides is 2. The zero-order chi connectivity index (χ0) is 16.6. The van der Waals surface area contributed by atoms with Gasteiger partial charge in [0.05, 0.1) is 6.10 Å². The number of fused-ring (bicyclic) bond motifs is 1. The molecule has 3 unspecified atom stereocenters. The van der Waals surface area contributed by atoms with Gasteiger partial charge >= 0.3 is 6.03 Å². The normalized spacial score (nSPS) is 27.9. The van der Waals surface area contributed by atoms with Crippen LogP contribution in [0.4, 0.5) is 13.6 Å². The highest BCUT2D eigenvalue weighted by Gasteiger charge is 2.59. The van der Waals surface area contributed by atoms with Gasteiger partial charge in [-0.25, -0.2) is 13.6 Å². The second-order valence-corrected chi connectivity index (χ2v) is 6.91. The van der Waals surface area contributed by atoms with E-state index in [1.165, 1.54) is 12.1 Å². The Morgan fingerprint density at radius 1 is 1.39 bits per heavy atom. The van der Waals surface area contributed by atoms with Gasteiger partial charge in [-0.3, -0.25) is 0 Å². The van der Waals surface area contributed by atoms with Crippen LogP contribution in [0.1, 0.15) is 25.8 Å². The number of rotatable bonds is 4. The molecule has 3 rings (SSSR count). The molecule has 1 aromatic carbocycles. The van der Waals surface area contributed by atoms with Crippen LogP contribution in [0.2, 0.25) is 0 Å². The van der Waals surface area contributed by atoms with Gasteiger partial charge in [0.15, 0.2) is 11.6 Å². The van der Waals surface area contributed by atoms with Crippen LogP contribution in [0.3, 0.4) is 0 Å². The number of hydrogen-bond acceptors (Lipinski definition) is 2. The van der Waals surface area contributed by atoms with Gasteiger partial charge in [-0.05, 0) is 24.5 Å². The average Bonchev–Trinajstić information content (AvgIpc) is 2.96. The van der Waals surface area contributed by atoms with Crippen molar-refractivity contribution in [3.05, 3.63) is 35.4 Å². The number of halogens is 2. The van der Waals surface area contributed by atoms with Gasteiger partial charge in [0, 0.05) is 30.5 Å². The second-order valence-electron chi connectivity index (χ2n) is 6.91. The van der Waals surface area contributed by atoms with Crippen LogP contribution in [0.15, 0.2) is 18.2 Å². The van der Waals surface area contributed by atoms with Gasteiger partial charge in [-0.2, -0.15) is 0 Å². The van der Waals surface area contributed by atoms with Crippen molar-refractivity contribution in [2.24, 2.45) is 11.3 Å². The Balaban J connectivity index is 1.48. The molecule has 2 fully saturated rings. The van der Waals surface area contributed by atoms with Crippen LogP contribution in [-0.2, 0) is 11.2 Å². The molecule has 0 aromatic heterocycles. The summed E-state index contributed by atoms with van der Waals surface area (Å²) in [5.41, 5.74) is 0.186. The fraction of sp³-hybridized carbons (Fsp3) is 0.588. The molecule has 6 heteroatoms. The van der Waals surface area contributed by atoms with Gasteiger partial charge < -0.3 is 15.4 Å². The van der Waals surface area contributed by atoms with Crippen LogP contribution in [0, 0.1) is 23.0 Å². The first-order valence-electron chi connectivity index (χ1n) is 8.00. The van der Waals surface area contributed by atoms with E-state index in [-0.39, 0.29) is 42.1 Å². The monoisotopic (exact) mass is 324 g/mol. The summed E-state index contributed by atoms with van der Waals surface area (Å²) >= 11 is 0. The first kappa shape index (κ1) is 16.2. The summed E-state index contributed by atoms with van der Waals surface area (Å²) in [4.78, 5) is 12.0. The largest absolute Gasteiger partial charge is 0.377 e. The van der Waals surface area contributed by atoms with Gasteiger partial charge in [-0.15, -0.1) is 0 Å². The average molecular weight is 324 g/mol. The molecular formula is C17H22F2N2O2. The molecule has 2 aliphatic rings. The molecule has 1 saturated carbocycles. The quantitative estimate of drug-likeness (QED) is 0.894. The van der Waals surface area contributed by atoms with Gasteiger partial charge in [0.25, 0.3) is 0 Å². The van der Waals surface area contributed by atoms with Crippen molar-refractivity contribution in [3.8, 4) is 0 Å². The smallest absolute Gasteiger partial charge is 0.315 e. The van der Waals surface area contributed by atoms with E-state index in [1.807, 2.05) is 0 Å². The molecule has 2 N–H and O–H groups in total. The number of nitrogens with one attached hydrogen (secondary N) is 2. The van der Waals surface area contributed by atoms with E-state index < -0.39 is 11.6 Å². The molecule has 3 atom stereocenters. The Kier molecular flexibility index (Phi) is 4.27. The predicted molar refractivity (Wildman–Crippen MR) is 82.0 cm³/mol. The lowest BCUT2D eigenvalue weighted by Crippen LogP contribution is -2.67. The fourth-order valence-electron chi connectivity index (χ4n) is 3.86. The van der Waals surface area contributed by atoms with Crippen molar-refractivity contribution in [2.75, 3.05) is 13.2 Å². The fourth-order valence-corrected chi connectivity index (χ4v) is 3.86. The Labute approximate surface area is 134 Å². The van der Waals surface area contributed by atoms with Crippen molar-refractivity contribution in [1.29, 1.82) is 0 Å². The SMILES string of the molecule is CC1(C)C(NC(=O)NCCc2cccc(F)c2F)C2CCOC21. The molecule has 126 valence electrons. The maximum absolute atomic E-state index is 13.5. The standard InChI is InChI=1S/C17H22F2N2O2/c1-17(2)14(11-7-9-23-15(11)17)21-16(22)20-8-6-10-4-3-5-12(18)13(10)19/h3-5,11,14-15H,6-9H2,1-2H3,(H2,20,21,22). The van der Waals surface area contributed by atoms with Crippen LogP contribution in [-0.4, -0.2) is 31.3 Å². The molecule has 1 saturated heterocycles. The summed E-state index contributed by atoms with van der Waals surface area (Å²) in [5.74, 6) is -1.34. The van der Waals surface area contributed by atoms with E-state index in [4.69, 9.17) is 4.74 Å². The number of ether oxygens (including phenoxy) is 1. The zero-order valence-electron chi connectivity index (χ0n) is 13.4. The lowest BCUT2D eigenvalue weighted by Gasteiger charge is -2.54. The van der Waals surface area contributed by atoms with E-state index in [1.54, 1.807) is 0 Å². The van der Waals surface area contributed by atoms with Crippen molar-refractivity contribution in [3.63, 3.8) is 0 Å². The third-order valence-corrected chi connectivity index (χ3v) is 5.10. The Morgan fingerprint density at radius 2 is 2.17 bits per heavy atom. The first-order chi connectivity index (χ1) is 10.9. The van der Waals surface area contributed by atoms with Crippen molar-refractivity contribution < 1.29 is 18.3 Å². The molecule has 2 amide bonds. The summed E-state index contributed by atoms with van der Waals surface area (Å²) < 4.78 is 32.3. The zero-order valence-corrected chi connectivity index (χ0v) is 13.4. The molecule has 1 aliphatic heterocycles. The molecule has 1 aliphatic carbocycles. The summed E-state index contributed by atoms with van der Waals surface area (Å²) in [7, 11) is 0. The molecule has 4 nitrogen and oxygen atoms in total. The molecule has 0 spiro atoms. The van der Waals surface area contributed by atoms with E-state index in [9.17, 15) is 13.6 Å². The summed E-state index contributed by atoms with van der Waals surface area (Å²) in [6, 6.07) is 3.88. The highest BCUT2D eigenvalue weighted by Crippen LogP contribution is 2.51. The van der Waals surface area contributed by atoms with Crippen LogP contribution < -0.4 is 10.6 Å². The minimum atomic E-state index is -0.865. The summed E-state index contributed by atoms with van der Waals surface area (Å²) in [6.07, 6.45) is 1.43. The summed E-state index contributed by atoms with van der Waals surface area (Å²) in [6.45, 7) is 5.18. The van der Waals surface area contributed by atoms with Gasteiger partial charge in [0.2, 0.25) is 0 Å². The minimum Gasteiger partial charge on any atom is -0.377 e. The minimum absolute atomic E-state index is 0.0762. The molecule has 0 radical (unpaired) electrons. The highest BCUT2D eigenvalue weighted by molar-refractivity contribution is 5.74. The van der Waals surface area contributed by atoms with Crippen molar-refractivity contribution in [1.82, 2.24) is 10.6 Å². The third kappa shape index (κ3) is 2.92. The maximum Gasteiger partial charge on any atom is 0.315 e. The Morgan fingerprint density at radius 3 is 2.96 bits per heavy atom. The highest BCUT2D eigenvalue weighted by atomic mass is 19.2. The molecular weight excluding hydrogens is 302 g/mol. The van der Waals surface area contributed by atoms with Crippen LogP contribution in [0.25, 0.3) is 0 Å². The number of carbonyl (C=O) groups excluding carboxylic acids is 1. The lowest BCUT2D eigenvalue weighted by molar-refractivity contribution is -0.108. The molecule has 0 bridgehead atoms. The molecule has 1 aromatic rings. The topological polar surface area (TPSA) is 50.4 Å². The first-order valence-corrected chi connectivity index (χ1v) is 8.00. The van der Waals surface area contributed by atoms with Gasteiger partial charge in [-0.1, -0.05) is 26.0 Å². The van der Waals surface area contributed by atoms with E-state index in [2.05, 4.69) is 24.5 Å². The molecule has 1 heterocycles. The number of carbonyl (C=O) groups is 1. The van der Waals surface area contributed by atoms with Crippen LogP contribution in [0.5, 0.6) is 0 Å². The molecule has 23 heavy (non-hydrogen) atoms.